The zero-order valence-corrected chi connectivity index (χ0v) is 20.5. The van der Waals surface area contributed by atoms with Gasteiger partial charge in [-0.15, -0.1) is 11.3 Å². The van der Waals surface area contributed by atoms with Crippen molar-refractivity contribution in [1.82, 2.24) is 15.0 Å². The van der Waals surface area contributed by atoms with Crippen LogP contribution < -0.4 is 5.32 Å². The van der Waals surface area contributed by atoms with Crippen LogP contribution >= 0.6 is 23.1 Å². The quantitative estimate of drug-likeness (QED) is 0.398. The second kappa shape index (κ2) is 8.14. The molecule has 0 saturated carbocycles. The molecule has 2 aliphatic heterocycles. The van der Waals surface area contributed by atoms with Gasteiger partial charge < -0.3 is 14.8 Å². The van der Waals surface area contributed by atoms with E-state index in [9.17, 15) is 0 Å². The van der Waals surface area contributed by atoms with E-state index in [1.54, 1.807) is 23.1 Å². The van der Waals surface area contributed by atoms with E-state index < -0.39 is 0 Å². The largest absolute Gasteiger partial charge is 0.376 e. The van der Waals surface area contributed by atoms with Gasteiger partial charge in [-0.05, 0) is 44.4 Å². The van der Waals surface area contributed by atoms with Crippen molar-refractivity contribution in [3.8, 4) is 0 Å². The van der Waals surface area contributed by atoms with E-state index in [4.69, 9.17) is 24.4 Å². The minimum atomic E-state index is -0.194. The number of rotatable bonds is 5. The van der Waals surface area contributed by atoms with Gasteiger partial charge in [-0.3, -0.25) is 0 Å². The monoisotopic (exact) mass is 458 g/mol. The molecular formula is C23H30N4O2S2. The van der Waals surface area contributed by atoms with Crippen LogP contribution in [0.4, 0.5) is 5.82 Å². The molecule has 0 radical (unpaired) electrons. The Labute approximate surface area is 191 Å². The van der Waals surface area contributed by atoms with Crippen molar-refractivity contribution < 1.29 is 9.47 Å². The standard InChI is InChI=1S/C23H30N4O2S2/c1-12(2)17-15-11-29-23(3,4)9-14(15)16-18-19(31-21(16)25-17)20(27-22(26-18)30-5)24-10-13-7-6-8-28-13/h12-13H,6-11H2,1-5H3,(H,24,26,27). The van der Waals surface area contributed by atoms with Crippen molar-refractivity contribution >= 4 is 49.3 Å². The van der Waals surface area contributed by atoms with Crippen LogP contribution in [0.15, 0.2) is 5.16 Å². The number of fused-ring (bicyclic) bond motifs is 5. The summed E-state index contributed by atoms with van der Waals surface area (Å²) in [4.78, 5) is 16.0. The number of hydrogen-bond donors (Lipinski definition) is 1. The lowest BCUT2D eigenvalue weighted by atomic mass is 9.87. The second-order valence-electron chi connectivity index (χ2n) is 9.37. The molecule has 166 valence electrons. The molecule has 0 bridgehead atoms. The van der Waals surface area contributed by atoms with Crippen LogP contribution in [0, 0.1) is 0 Å². The molecule has 1 unspecified atom stereocenters. The first-order chi connectivity index (χ1) is 14.9. The van der Waals surface area contributed by atoms with Gasteiger partial charge in [0.1, 0.15) is 10.6 Å². The van der Waals surface area contributed by atoms with Crippen molar-refractivity contribution in [2.45, 2.75) is 76.3 Å². The van der Waals surface area contributed by atoms with Crippen molar-refractivity contribution in [2.24, 2.45) is 0 Å². The highest BCUT2D eigenvalue weighted by molar-refractivity contribution is 7.98. The lowest BCUT2D eigenvalue weighted by Gasteiger charge is -2.33. The Kier molecular flexibility index (Phi) is 5.61. The molecule has 6 nitrogen and oxygen atoms in total. The predicted molar refractivity (Wildman–Crippen MR) is 129 cm³/mol. The summed E-state index contributed by atoms with van der Waals surface area (Å²) in [6, 6.07) is 0. The van der Waals surface area contributed by atoms with E-state index in [0.29, 0.717) is 12.5 Å². The van der Waals surface area contributed by atoms with Gasteiger partial charge in [-0.2, -0.15) is 0 Å². The van der Waals surface area contributed by atoms with Crippen LogP contribution in [0.25, 0.3) is 20.4 Å². The summed E-state index contributed by atoms with van der Waals surface area (Å²) >= 11 is 3.28. The molecule has 3 aromatic rings. The summed E-state index contributed by atoms with van der Waals surface area (Å²) in [5.41, 5.74) is 4.58. The van der Waals surface area contributed by atoms with E-state index in [1.807, 2.05) is 6.26 Å². The molecule has 0 aromatic carbocycles. The Balaban J connectivity index is 1.71. The second-order valence-corrected chi connectivity index (χ2v) is 11.1. The van der Waals surface area contributed by atoms with E-state index in [1.165, 1.54) is 16.5 Å². The maximum Gasteiger partial charge on any atom is 0.189 e. The highest BCUT2D eigenvalue weighted by Crippen LogP contribution is 2.43. The molecule has 1 fully saturated rings. The summed E-state index contributed by atoms with van der Waals surface area (Å²) in [5, 5.41) is 5.54. The summed E-state index contributed by atoms with van der Waals surface area (Å²) in [5.74, 6) is 1.25. The van der Waals surface area contributed by atoms with Gasteiger partial charge in [0, 0.05) is 30.5 Å². The number of aromatic nitrogens is 3. The zero-order chi connectivity index (χ0) is 21.8. The summed E-state index contributed by atoms with van der Waals surface area (Å²) < 4.78 is 13.1. The van der Waals surface area contributed by atoms with E-state index in [2.05, 4.69) is 33.0 Å². The molecule has 2 aliphatic rings. The molecule has 0 aliphatic carbocycles. The third-order valence-electron chi connectivity index (χ3n) is 6.15. The molecule has 3 aromatic heterocycles. The van der Waals surface area contributed by atoms with Gasteiger partial charge in [-0.1, -0.05) is 25.6 Å². The van der Waals surface area contributed by atoms with Gasteiger partial charge in [0.2, 0.25) is 0 Å². The molecule has 0 spiro atoms. The topological polar surface area (TPSA) is 69.2 Å². The Morgan fingerprint density at radius 2 is 2.06 bits per heavy atom. The van der Waals surface area contributed by atoms with Crippen molar-refractivity contribution in [2.75, 3.05) is 24.7 Å². The first-order valence-corrected chi connectivity index (χ1v) is 13.1. The number of hydrogen-bond acceptors (Lipinski definition) is 8. The molecule has 5 rings (SSSR count). The zero-order valence-electron chi connectivity index (χ0n) is 18.9. The maximum absolute atomic E-state index is 6.18. The average Bonchev–Trinajstić information content (AvgIpc) is 3.38. The SMILES string of the molecule is CSc1nc(NCC2CCCO2)c2sc3nc(C(C)C)c4c(c3c2n1)CC(C)(C)OC4. The smallest absolute Gasteiger partial charge is 0.189 e. The fourth-order valence-corrected chi connectivity index (χ4v) is 6.07. The lowest BCUT2D eigenvalue weighted by molar-refractivity contribution is -0.0402. The van der Waals surface area contributed by atoms with Gasteiger partial charge >= 0.3 is 0 Å². The number of nitrogens with zero attached hydrogens (tertiary/aromatic N) is 3. The van der Waals surface area contributed by atoms with Gasteiger partial charge in [0.15, 0.2) is 5.16 Å². The average molecular weight is 459 g/mol. The van der Waals surface area contributed by atoms with Gasteiger partial charge in [-0.25, -0.2) is 15.0 Å². The summed E-state index contributed by atoms with van der Waals surface area (Å²) in [7, 11) is 0. The van der Waals surface area contributed by atoms with Gasteiger partial charge in [0.25, 0.3) is 0 Å². The molecule has 0 amide bonds. The minimum Gasteiger partial charge on any atom is -0.376 e. The van der Waals surface area contributed by atoms with E-state index in [-0.39, 0.29) is 11.7 Å². The molecule has 1 saturated heterocycles. The van der Waals surface area contributed by atoms with Crippen LogP contribution in [0.5, 0.6) is 0 Å². The number of pyridine rings is 1. The predicted octanol–water partition coefficient (Wildman–Crippen LogP) is 5.53. The van der Waals surface area contributed by atoms with Crippen LogP contribution in [0.2, 0.25) is 0 Å². The van der Waals surface area contributed by atoms with Crippen LogP contribution in [0.1, 0.15) is 63.3 Å². The first kappa shape index (κ1) is 21.4. The Morgan fingerprint density at radius 1 is 1.23 bits per heavy atom. The van der Waals surface area contributed by atoms with E-state index >= 15 is 0 Å². The van der Waals surface area contributed by atoms with Crippen molar-refractivity contribution in [1.29, 1.82) is 0 Å². The van der Waals surface area contributed by atoms with Gasteiger partial charge in [0.05, 0.1) is 34.2 Å². The Morgan fingerprint density at radius 3 is 2.77 bits per heavy atom. The molecule has 8 heteroatoms. The normalized spacial score (nSPS) is 20.6. The summed E-state index contributed by atoms with van der Waals surface area (Å²) in [6.45, 7) is 11.0. The molecule has 5 heterocycles. The number of thioether (sulfide) groups is 1. The fraction of sp³-hybridized carbons (Fsp3) is 0.609. The number of anilines is 1. The Hall–Kier alpha value is -1.48. The Bertz CT molecular complexity index is 1140. The molecule has 1 atom stereocenters. The molecule has 31 heavy (non-hydrogen) atoms. The molecule has 1 N–H and O–H groups in total. The number of thiophene rings is 1. The minimum absolute atomic E-state index is 0.194. The van der Waals surface area contributed by atoms with E-state index in [0.717, 1.165) is 64.1 Å². The lowest BCUT2D eigenvalue weighted by Crippen LogP contribution is -2.33. The highest BCUT2D eigenvalue weighted by atomic mass is 32.2. The fourth-order valence-electron chi connectivity index (χ4n) is 4.58. The third kappa shape index (κ3) is 3.92. The third-order valence-corrected chi connectivity index (χ3v) is 7.78. The van der Waals surface area contributed by atoms with Crippen LogP contribution in [-0.4, -0.2) is 46.1 Å². The maximum atomic E-state index is 6.18. The number of ether oxygens (including phenoxy) is 2. The van der Waals surface area contributed by atoms with Crippen LogP contribution in [-0.2, 0) is 22.5 Å². The van der Waals surface area contributed by atoms with Crippen LogP contribution in [0.3, 0.4) is 0 Å². The number of nitrogens with one attached hydrogen (secondary N) is 1. The van der Waals surface area contributed by atoms with Crippen molar-refractivity contribution in [3.05, 3.63) is 16.8 Å². The summed E-state index contributed by atoms with van der Waals surface area (Å²) in [6.07, 6.45) is 5.39. The molecular weight excluding hydrogens is 428 g/mol. The van der Waals surface area contributed by atoms with Crippen molar-refractivity contribution in [3.63, 3.8) is 0 Å². The first-order valence-electron chi connectivity index (χ1n) is 11.1. The highest BCUT2D eigenvalue weighted by Gasteiger charge is 2.32.